The van der Waals surface area contributed by atoms with E-state index >= 15 is 8.78 Å². The topological polar surface area (TPSA) is 165 Å². The lowest BCUT2D eigenvalue weighted by atomic mass is 10.1. The number of halogens is 2. The molecule has 0 aliphatic carbocycles. The van der Waals surface area contributed by atoms with Gasteiger partial charge in [0.05, 0.1) is 19.3 Å². The summed E-state index contributed by atoms with van der Waals surface area (Å²) in [6.07, 6.45) is 15.5. The maximum atomic E-state index is 15.8. The van der Waals surface area contributed by atoms with Crippen LogP contribution in [0.5, 0.6) is 0 Å². The predicted octanol–water partition coefficient (Wildman–Crippen LogP) is 10.3. The molecule has 17 heteroatoms. The lowest BCUT2D eigenvalue weighted by Gasteiger charge is -2.24. The van der Waals surface area contributed by atoms with Crippen molar-refractivity contribution < 1.29 is 51.1 Å². The molecule has 0 saturated carbocycles. The zero-order valence-corrected chi connectivity index (χ0v) is 37.5. The Morgan fingerprint density at radius 3 is 2.07 bits per heavy atom. The quantitative estimate of drug-likeness (QED) is 0.0397. The SMILES string of the molecule is CCCCCCCCCCCCSCC(COP(=O)(O)OC[C@H]1O[C@@H](n2ccc(NC(=O)c3ccccc3)nc2=O)C(F)(F)[C@@H]1OC(C)=O)OCCCCCCCCCC. The summed E-state index contributed by atoms with van der Waals surface area (Å²) >= 11 is 1.69. The van der Waals surface area contributed by atoms with Crippen LogP contribution in [0, 0.1) is 0 Å². The molecule has 340 valence electrons. The van der Waals surface area contributed by atoms with Gasteiger partial charge in [-0.2, -0.15) is 25.5 Å². The predicted molar refractivity (Wildman–Crippen MR) is 231 cm³/mol. The van der Waals surface area contributed by atoms with Gasteiger partial charge in [0.25, 0.3) is 5.91 Å². The number of alkyl halides is 2. The smallest absolute Gasteiger partial charge is 0.453 e. The van der Waals surface area contributed by atoms with Gasteiger partial charge in [-0.05, 0) is 36.8 Å². The summed E-state index contributed by atoms with van der Waals surface area (Å²) in [6, 6.07) is 9.22. The monoisotopic (exact) mass is 887 g/mol. The lowest BCUT2D eigenvalue weighted by Crippen LogP contribution is -2.44. The number of amides is 1. The number of nitrogens with one attached hydrogen (secondary N) is 1. The van der Waals surface area contributed by atoms with Crippen LogP contribution in [0.2, 0.25) is 0 Å². The van der Waals surface area contributed by atoms with Gasteiger partial charge in [0, 0.05) is 31.0 Å². The average molecular weight is 888 g/mol. The van der Waals surface area contributed by atoms with Crippen LogP contribution < -0.4 is 11.0 Å². The Balaban J connectivity index is 1.55. The van der Waals surface area contributed by atoms with Crippen LogP contribution >= 0.6 is 19.6 Å². The minimum Gasteiger partial charge on any atom is -0.453 e. The van der Waals surface area contributed by atoms with E-state index in [0.29, 0.717) is 16.9 Å². The first-order chi connectivity index (χ1) is 28.9. The van der Waals surface area contributed by atoms with Crippen molar-refractivity contribution in [2.24, 2.45) is 0 Å². The molecule has 2 N–H and O–H groups in total. The van der Waals surface area contributed by atoms with E-state index in [-0.39, 0.29) is 18.0 Å². The molecule has 1 saturated heterocycles. The van der Waals surface area contributed by atoms with Crippen molar-refractivity contribution >= 4 is 37.3 Å². The molecule has 5 atom stereocenters. The second-order valence-corrected chi connectivity index (χ2v) is 17.9. The van der Waals surface area contributed by atoms with Crippen LogP contribution in [-0.4, -0.2) is 81.9 Å². The molecule has 1 aliphatic rings. The van der Waals surface area contributed by atoms with Crippen molar-refractivity contribution in [1.29, 1.82) is 0 Å². The third kappa shape index (κ3) is 19.5. The van der Waals surface area contributed by atoms with Gasteiger partial charge < -0.3 is 24.4 Å². The highest BCUT2D eigenvalue weighted by atomic mass is 32.2. The molecule has 0 spiro atoms. The fraction of sp³-hybridized carbons (Fsp3) is 0.721. The number of thioether (sulfide) groups is 1. The summed E-state index contributed by atoms with van der Waals surface area (Å²) in [5, 5.41) is 2.43. The number of unbranched alkanes of at least 4 members (excludes halogenated alkanes) is 16. The minimum atomic E-state index is -4.86. The van der Waals surface area contributed by atoms with E-state index in [2.05, 4.69) is 24.1 Å². The van der Waals surface area contributed by atoms with E-state index < -0.39 is 62.5 Å². The Hall–Kier alpha value is -2.72. The number of phosphoric acid groups is 1. The van der Waals surface area contributed by atoms with Crippen LogP contribution in [-0.2, 0) is 32.6 Å². The number of esters is 1. The summed E-state index contributed by atoms with van der Waals surface area (Å²) in [6.45, 7) is 4.58. The van der Waals surface area contributed by atoms with Gasteiger partial charge >= 0.3 is 25.4 Å². The number of phosphoric ester groups is 1. The first-order valence-corrected chi connectivity index (χ1v) is 24.5. The summed E-state index contributed by atoms with van der Waals surface area (Å²) in [5.74, 6) is -4.42. The zero-order valence-electron chi connectivity index (χ0n) is 35.7. The largest absolute Gasteiger partial charge is 0.472 e. The number of hydrogen-bond acceptors (Lipinski definition) is 11. The van der Waals surface area contributed by atoms with Crippen LogP contribution in [0.4, 0.5) is 14.6 Å². The van der Waals surface area contributed by atoms with Gasteiger partial charge in [0.15, 0.2) is 6.10 Å². The van der Waals surface area contributed by atoms with E-state index in [1.165, 1.54) is 83.5 Å². The molecule has 1 aromatic carbocycles. The summed E-state index contributed by atoms with van der Waals surface area (Å²) < 4.78 is 72.2. The van der Waals surface area contributed by atoms with Gasteiger partial charge in [-0.1, -0.05) is 135 Å². The maximum Gasteiger partial charge on any atom is 0.472 e. The standard InChI is InChI=1S/C43H68F2N3O10PS/c1-4-6-8-10-12-14-15-17-19-24-30-60-33-36(54-29-23-18-16-13-11-9-7-5-2)31-55-59(52,53)56-32-37-39(57-34(3)49)43(44,45)41(58-37)48-28-27-38(47-42(48)51)46-40(50)35-25-21-20-22-26-35/h20-22,25-28,36-37,39,41H,4-19,23-24,29-33H2,1-3H3,(H,52,53)(H,46,47,50,51)/t36?,37-,39-,41-/m1/s1. The van der Waals surface area contributed by atoms with Gasteiger partial charge in [-0.15, -0.1) is 0 Å². The average Bonchev–Trinajstić information content (AvgIpc) is 3.46. The van der Waals surface area contributed by atoms with Gasteiger partial charge in [-0.3, -0.25) is 23.2 Å². The molecule has 0 bridgehead atoms. The third-order valence-electron chi connectivity index (χ3n) is 10.1. The number of aromatic nitrogens is 2. The fourth-order valence-corrected chi connectivity index (χ4v) is 8.58. The second kappa shape index (κ2) is 28.8. The molecule has 2 aromatic rings. The van der Waals surface area contributed by atoms with Crippen LogP contribution in [0.3, 0.4) is 0 Å². The highest BCUT2D eigenvalue weighted by molar-refractivity contribution is 7.99. The van der Waals surface area contributed by atoms with Gasteiger partial charge in [0.1, 0.15) is 11.9 Å². The molecule has 0 radical (unpaired) electrons. The van der Waals surface area contributed by atoms with Crippen molar-refractivity contribution in [1.82, 2.24) is 9.55 Å². The Kier molecular flexibility index (Phi) is 24.8. The molecule has 1 aromatic heterocycles. The third-order valence-corrected chi connectivity index (χ3v) is 12.3. The number of benzene rings is 1. The van der Waals surface area contributed by atoms with Crippen molar-refractivity contribution in [3.8, 4) is 0 Å². The summed E-state index contributed by atoms with van der Waals surface area (Å²) in [5.41, 5.74) is -0.916. The minimum absolute atomic E-state index is 0.196. The molecule has 2 heterocycles. The molecule has 1 amide bonds. The molecular formula is C43H68F2N3O10PS. The number of ether oxygens (including phenoxy) is 3. The highest BCUT2D eigenvalue weighted by Crippen LogP contribution is 2.48. The zero-order chi connectivity index (χ0) is 43.6. The van der Waals surface area contributed by atoms with Crippen LogP contribution in [0.15, 0.2) is 47.4 Å². The number of nitrogens with zero attached hydrogens (tertiary/aromatic N) is 2. The van der Waals surface area contributed by atoms with E-state index in [0.717, 1.165) is 57.0 Å². The van der Waals surface area contributed by atoms with Crippen LogP contribution in [0.1, 0.15) is 153 Å². The number of hydrogen-bond donors (Lipinski definition) is 2. The number of anilines is 1. The number of carbonyl (C=O) groups is 2. The Morgan fingerprint density at radius 1 is 0.900 bits per heavy atom. The maximum absolute atomic E-state index is 15.8. The van der Waals surface area contributed by atoms with Crippen molar-refractivity contribution in [3.63, 3.8) is 0 Å². The molecule has 1 fully saturated rings. The summed E-state index contributed by atoms with van der Waals surface area (Å²) in [7, 11) is -4.86. The Morgan fingerprint density at radius 2 is 1.48 bits per heavy atom. The molecular weight excluding hydrogens is 820 g/mol. The fourth-order valence-electron chi connectivity index (χ4n) is 6.78. The molecule has 2 unspecified atom stereocenters. The first-order valence-electron chi connectivity index (χ1n) is 21.8. The number of rotatable bonds is 33. The second-order valence-electron chi connectivity index (χ2n) is 15.3. The first kappa shape index (κ1) is 51.6. The Labute approximate surface area is 359 Å². The highest BCUT2D eigenvalue weighted by Gasteiger charge is 2.62. The Bertz CT molecular complexity index is 1620. The molecule has 13 nitrogen and oxygen atoms in total. The van der Waals surface area contributed by atoms with E-state index in [1.807, 2.05) is 0 Å². The number of carbonyl (C=O) groups excluding carboxylic acids is 2. The van der Waals surface area contributed by atoms with Gasteiger partial charge in [0.2, 0.25) is 6.23 Å². The lowest BCUT2D eigenvalue weighted by molar-refractivity contribution is -0.174. The van der Waals surface area contributed by atoms with Gasteiger partial charge in [-0.25, -0.2) is 9.36 Å². The van der Waals surface area contributed by atoms with E-state index in [4.69, 9.17) is 23.3 Å². The van der Waals surface area contributed by atoms with E-state index in [9.17, 15) is 23.8 Å². The van der Waals surface area contributed by atoms with Crippen LogP contribution in [0.25, 0.3) is 0 Å². The molecule has 60 heavy (non-hydrogen) atoms. The van der Waals surface area contributed by atoms with E-state index in [1.54, 1.807) is 42.1 Å². The van der Waals surface area contributed by atoms with Crippen molar-refractivity contribution in [3.05, 3.63) is 58.6 Å². The van der Waals surface area contributed by atoms with Crippen molar-refractivity contribution in [2.45, 2.75) is 167 Å². The molecule has 3 rings (SSSR count). The normalized spacial score (nSPS) is 18.9. The van der Waals surface area contributed by atoms with Crippen molar-refractivity contribution in [2.75, 3.05) is 36.6 Å². The molecule has 1 aliphatic heterocycles. The summed E-state index contributed by atoms with van der Waals surface area (Å²) in [4.78, 5) is 51.7.